The average molecular weight is 253 g/mol. The van der Waals surface area contributed by atoms with Gasteiger partial charge in [0.1, 0.15) is 11.4 Å². The summed E-state index contributed by atoms with van der Waals surface area (Å²) in [4.78, 5) is 26.5. The molecular formula is C14H23NO3. The van der Waals surface area contributed by atoms with E-state index in [1.165, 1.54) is 0 Å². The van der Waals surface area contributed by atoms with Crippen molar-refractivity contribution >= 4 is 18.1 Å². The first-order chi connectivity index (χ1) is 8.28. The molecule has 0 N–H and O–H groups in total. The normalized spacial score (nSPS) is 25.1. The van der Waals surface area contributed by atoms with E-state index in [2.05, 4.69) is 4.99 Å². The largest absolute Gasteiger partial charge is 0.442 e. The Bertz CT molecular complexity index is 333. The molecule has 0 heterocycles. The third kappa shape index (κ3) is 5.43. The van der Waals surface area contributed by atoms with E-state index in [0.29, 0.717) is 5.92 Å². The van der Waals surface area contributed by atoms with Crippen molar-refractivity contribution in [2.45, 2.75) is 59.0 Å². The summed E-state index contributed by atoms with van der Waals surface area (Å²) in [6.07, 6.45) is 4.81. The number of Topliss-reactive ketones (excluding diaryl/α,β-unsaturated/α-hetero) is 1. The molecule has 0 aromatic carbocycles. The van der Waals surface area contributed by atoms with Crippen LogP contribution in [0.5, 0.6) is 0 Å². The van der Waals surface area contributed by atoms with Gasteiger partial charge in [0.25, 0.3) is 0 Å². The second-order valence-corrected chi connectivity index (χ2v) is 5.98. The number of nitrogens with zero attached hydrogens (tertiary/aromatic N) is 1. The first-order valence-electron chi connectivity index (χ1n) is 6.55. The number of hydrogen-bond donors (Lipinski definition) is 0. The van der Waals surface area contributed by atoms with Gasteiger partial charge in [0, 0.05) is 12.1 Å². The lowest BCUT2D eigenvalue weighted by Crippen LogP contribution is -2.23. The first kappa shape index (κ1) is 14.9. The van der Waals surface area contributed by atoms with E-state index in [9.17, 15) is 9.59 Å². The zero-order valence-corrected chi connectivity index (χ0v) is 11.7. The van der Waals surface area contributed by atoms with Gasteiger partial charge in [-0.3, -0.25) is 4.79 Å². The Hall–Kier alpha value is -1.19. The lowest BCUT2D eigenvalue weighted by atomic mass is 9.81. The molecule has 0 atom stereocenters. The van der Waals surface area contributed by atoms with Gasteiger partial charge in [-0.15, -0.1) is 0 Å². The highest BCUT2D eigenvalue weighted by Gasteiger charge is 2.23. The molecule has 4 heteroatoms. The predicted molar refractivity (Wildman–Crippen MR) is 70.9 cm³/mol. The summed E-state index contributed by atoms with van der Waals surface area (Å²) in [6.45, 7) is 7.11. The van der Waals surface area contributed by atoms with Crippen LogP contribution in [0.4, 0.5) is 4.79 Å². The van der Waals surface area contributed by atoms with Crippen molar-refractivity contribution in [3.8, 4) is 0 Å². The Morgan fingerprint density at radius 1 is 1.17 bits per heavy atom. The molecule has 4 nitrogen and oxygen atoms in total. The monoisotopic (exact) mass is 253 g/mol. The second kappa shape index (κ2) is 6.12. The summed E-state index contributed by atoms with van der Waals surface area (Å²) in [6, 6.07) is 0. The van der Waals surface area contributed by atoms with Gasteiger partial charge in [-0.2, -0.15) is 4.99 Å². The molecular weight excluding hydrogens is 230 g/mol. The molecule has 102 valence electrons. The Morgan fingerprint density at radius 3 is 2.17 bits per heavy atom. The van der Waals surface area contributed by atoms with Crippen molar-refractivity contribution in [3.05, 3.63) is 0 Å². The highest BCUT2D eigenvalue weighted by Crippen LogP contribution is 2.28. The summed E-state index contributed by atoms with van der Waals surface area (Å²) in [5.74, 6) is 0.779. The number of ketones is 1. The number of rotatable bonds is 2. The van der Waals surface area contributed by atoms with Gasteiger partial charge >= 0.3 is 6.09 Å². The number of carbonyl (C=O) groups is 2. The Balaban J connectivity index is 2.36. The minimum absolute atomic E-state index is 0.205. The molecule has 18 heavy (non-hydrogen) atoms. The van der Waals surface area contributed by atoms with Crippen LogP contribution in [-0.4, -0.2) is 23.7 Å². The number of carbonyl (C=O) groups excluding carboxylic acids is 2. The molecule has 1 fully saturated rings. The van der Waals surface area contributed by atoms with Gasteiger partial charge in [-0.05, 0) is 59.3 Å². The van der Waals surface area contributed by atoms with E-state index >= 15 is 0 Å². The molecule has 1 aliphatic rings. The Labute approximate surface area is 109 Å². The van der Waals surface area contributed by atoms with Crippen LogP contribution in [0.25, 0.3) is 0 Å². The van der Waals surface area contributed by atoms with Gasteiger partial charge in [0.15, 0.2) is 0 Å². The number of hydrogen-bond acceptors (Lipinski definition) is 3. The fourth-order valence-electron chi connectivity index (χ4n) is 2.13. The van der Waals surface area contributed by atoms with E-state index in [-0.39, 0.29) is 11.7 Å². The first-order valence-corrected chi connectivity index (χ1v) is 6.55. The topological polar surface area (TPSA) is 55.7 Å². The number of amides is 1. The van der Waals surface area contributed by atoms with Crippen molar-refractivity contribution in [3.63, 3.8) is 0 Å². The molecule has 1 amide bonds. The van der Waals surface area contributed by atoms with Crippen molar-refractivity contribution in [2.24, 2.45) is 16.8 Å². The molecule has 0 bridgehead atoms. The highest BCUT2D eigenvalue weighted by molar-refractivity contribution is 5.81. The lowest BCUT2D eigenvalue weighted by Gasteiger charge is -2.24. The van der Waals surface area contributed by atoms with E-state index < -0.39 is 11.7 Å². The summed E-state index contributed by atoms with van der Waals surface area (Å²) in [5.41, 5.74) is -0.499. The molecule has 0 aromatic heterocycles. The molecule has 0 unspecified atom stereocenters. The standard InChI is InChI=1S/C14H23NO3/c1-10(16)12-7-5-11(6-8-12)9-15-13(17)18-14(2,3)4/h9,11-12H,5-8H2,1-4H3. The maximum absolute atomic E-state index is 11.4. The minimum atomic E-state index is -0.531. The quantitative estimate of drug-likeness (QED) is 0.709. The van der Waals surface area contributed by atoms with Crippen LogP contribution in [0.2, 0.25) is 0 Å². The molecule has 1 aliphatic carbocycles. The SMILES string of the molecule is CC(=O)C1CCC(C=NC(=O)OC(C)(C)C)CC1. The maximum Gasteiger partial charge on any atom is 0.433 e. The number of aliphatic imine (C=N–C) groups is 1. The third-order valence-electron chi connectivity index (χ3n) is 3.13. The van der Waals surface area contributed by atoms with Gasteiger partial charge in [0.05, 0.1) is 0 Å². The lowest BCUT2D eigenvalue weighted by molar-refractivity contribution is -0.121. The third-order valence-corrected chi connectivity index (χ3v) is 3.13. The molecule has 0 spiro atoms. The van der Waals surface area contributed by atoms with Crippen LogP contribution in [-0.2, 0) is 9.53 Å². The van der Waals surface area contributed by atoms with Gasteiger partial charge in [-0.1, -0.05) is 0 Å². The van der Waals surface area contributed by atoms with Gasteiger partial charge in [0.2, 0.25) is 0 Å². The van der Waals surface area contributed by atoms with E-state index in [1.807, 2.05) is 20.8 Å². The van der Waals surface area contributed by atoms with Crippen molar-refractivity contribution < 1.29 is 14.3 Å². The summed E-state index contributed by atoms with van der Waals surface area (Å²) in [5, 5.41) is 0. The minimum Gasteiger partial charge on any atom is -0.442 e. The molecule has 0 aromatic rings. The molecule has 1 saturated carbocycles. The molecule has 1 rings (SSSR count). The fraction of sp³-hybridized carbons (Fsp3) is 0.786. The van der Waals surface area contributed by atoms with E-state index in [4.69, 9.17) is 4.74 Å². The van der Waals surface area contributed by atoms with Crippen LogP contribution >= 0.6 is 0 Å². The van der Waals surface area contributed by atoms with Crippen LogP contribution in [0.3, 0.4) is 0 Å². The molecule has 0 aliphatic heterocycles. The number of ether oxygens (including phenoxy) is 1. The zero-order valence-electron chi connectivity index (χ0n) is 11.7. The van der Waals surface area contributed by atoms with Crippen LogP contribution in [0, 0.1) is 11.8 Å². The maximum atomic E-state index is 11.4. The summed E-state index contributed by atoms with van der Waals surface area (Å²) >= 11 is 0. The van der Waals surface area contributed by atoms with Crippen molar-refractivity contribution in [2.75, 3.05) is 0 Å². The zero-order chi connectivity index (χ0) is 13.8. The summed E-state index contributed by atoms with van der Waals surface area (Å²) in [7, 11) is 0. The molecule has 0 radical (unpaired) electrons. The van der Waals surface area contributed by atoms with Gasteiger partial charge in [-0.25, -0.2) is 4.79 Å². The predicted octanol–water partition coefficient (Wildman–Crippen LogP) is 3.39. The van der Waals surface area contributed by atoms with Gasteiger partial charge < -0.3 is 4.74 Å². The fourth-order valence-corrected chi connectivity index (χ4v) is 2.13. The van der Waals surface area contributed by atoms with Crippen LogP contribution in [0.1, 0.15) is 53.4 Å². The smallest absolute Gasteiger partial charge is 0.433 e. The second-order valence-electron chi connectivity index (χ2n) is 5.98. The van der Waals surface area contributed by atoms with Crippen molar-refractivity contribution in [1.82, 2.24) is 0 Å². The molecule has 0 saturated heterocycles. The summed E-state index contributed by atoms with van der Waals surface area (Å²) < 4.78 is 5.10. The van der Waals surface area contributed by atoms with Crippen LogP contribution in [0.15, 0.2) is 4.99 Å². The Kier molecular flexibility index (Phi) is 5.05. The van der Waals surface area contributed by atoms with E-state index in [0.717, 1.165) is 25.7 Å². The highest BCUT2D eigenvalue weighted by atomic mass is 16.6. The van der Waals surface area contributed by atoms with Crippen LogP contribution < -0.4 is 0 Å². The van der Waals surface area contributed by atoms with E-state index in [1.54, 1.807) is 13.1 Å². The Morgan fingerprint density at radius 2 is 1.72 bits per heavy atom. The average Bonchev–Trinajstić information content (AvgIpc) is 2.24. The van der Waals surface area contributed by atoms with Crippen molar-refractivity contribution in [1.29, 1.82) is 0 Å².